The van der Waals surface area contributed by atoms with Crippen LogP contribution in [0.1, 0.15) is 43.2 Å². The summed E-state index contributed by atoms with van der Waals surface area (Å²) < 4.78 is 0. The van der Waals surface area contributed by atoms with Crippen LogP contribution in [0.2, 0.25) is 0 Å². The first-order valence-electron chi connectivity index (χ1n) is 9.70. The largest absolute Gasteiger partial charge is 0.393 e. The Kier molecular flexibility index (Phi) is 4.95. The maximum atomic E-state index is 12.5. The standard InChI is InChI=1S/C20H29N3O2/c24-19-7-9-22(10-8-19)14-17-4-2-1-3-16(17)12-21-20(25)23-13-15-5-6-18(23)11-15/h1-4,15,18-19,24H,5-14H2,(H,21,25)/t15-,18+/m0/s1. The molecule has 2 atom stereocenters. The zero-order valence-corrected chi connectivity index (χ0v) is 14.9. The van der Waals surface area contributed by atoms with Crippen molar-refractivity contribution in [2.75, 3.05) is 19.6 Å². The van der Waals surface area contributed by atoms with Crippen molar-refractivity contribution in [2.45, 2.75) is 57.3 Å². The Bertz CT molecular complexity index is 613. The van der Waals surface area contributed by atoms with Gasteiger partial charge in [0.15, 0.2) is 0 Å². The van der Waals surface area contributed by atoms with E-state index in [1.165, 1.54) is 30.4 Å². The van der Waals surface area contributed by atoms with Gasteiger partial charge in [0, 0.05) is 38.8 Å². The van der Waals surface area contributed by atoms with Crippen molar-refractivity contribution in [3.8, 4) is 0 Å². The van der Waals surface area contributed by atoms with Crippen molar-refractivity contribution in [1.82, 2.24) is 15.1 Å². The second-order valence-corrected chi connectivity index (χ2v) is 7.92. The molecule has 3 aliphatic rings. The Morgan fingerprint density at radius 3 is 2.56 bits per heavy atom. The van der Waals surface area contributed by atoms with Gasteiger partial charge in [0.1, 0.15) is 0 Å². The summed E-state index contributed by atoms with van der Waals surface area (Å²) in [6.45, 7) is 4.32. The lowest BCUT2D eigenvalue weighted by Gasteiger charge is -2.30. The molecule has 5 heteroatoms. The van der Waals surface area contributed by atoms with E-state index in [2.05, 4.69) is 28.4 Å². The third kappa shape index (κ3) is 3.82. The number of aliphatic hydroxyl groups excluding tert-OH is 1. The first-order chi connectivity index (χ1) is 12.2. The minimum Gasteiger partial charge on any atom is -0.393 e. The summed E-state index contributed by atoms with van der Waals surface area (Å²) in [5, 5.41) is 12.8. The molecule has 2 amide bonds. The number of rotatable bonds is 4. The molecule has 1 aromatic rings. The number of benzene rings is 1. The molecule has 0 spiro atoms. The van der Waals surface area contributed by atoms with E-state index in [4.69, 9.17) is 0 Å². The Hall–Kier alpha value is -1.59. The van der Waals surface area contributed by atoms with Crippen LogP contribution in [0.5, 0.6) is 0 Å². The van der Waals surface area contributed by atoms with Gasteiger partial charge < -0.3 is 15.3 Å². The number of nitrogens with zero attached hydrogens (tertiary/aromatic N) is 2. The van der Waals surface area contributed by atoms with Gasteiger partial charge in [0.25, 0.3) is 0 Å². The highest BCUT2D eigenvalue weighted by molar-refractivity contribution is 5.75. The SMILES string of the molecule is O=C(NCc1ccccc1CN1CCC(O)CC1)N1C[C@H]2CC[C@@H]1C2. The van der Waals surface area contributed by atoms with E-state index >= 15 is 0 Å². The highest BCUT2D eigenvalue weighted by atomic mass is 16.3. The fourth-order valence-corrected chi connectivity index (χ4v) is 4.65. The number of urea groups is 1. The Labute approximate surface area is 150 Å². The normalized spacial score (nSPS) is 27.0. The molecule has 0 aromatic heterocycles. The third-order valence-electron chi connectivity index (χ3n) is 6.17. The van der Waals surface area contributed by atoms with E-state index in [1.54, 1.807) is 0 Å². The molecule has 2 aliphatic heterocycles. The lowest BCUT2D eigenvalue weighted by atomic mass is 10.0. The Morgan fingerprint density at radius 1 is 1.12 bits per heavy atom. The summed E-state index contributed by atoms with van der Waals surface area (Å²) in [6.07, 6.45) is 5.25. The predicted molar refractivity (Wildman–Crippen MR) is 97.0 cm³/mol. The van der Waals surface area contributed by atoms with Crippen LogP contribution in [0.3, 0.4) is 0 Å². The number of hydrogen-bond acceptors (Lipinski definition) is 3. The van der Waals surface area contributed by atoms with E-state index in [9.17, 15) is 9.90 Å². The van der Waals surface area contributed by atoms with Crippen LogP contribution in [-0.4, -0.2) is 52.7 Å². The quantitative estimate of drug-likeness (QED) is 0.882. The van der Waals surface area contributed by atoms with Gasteiger partial charge >= 0.3 is 6.03 Å². The average molecular weight is 343 g/mol. The van der Waals surface area contributed by atoms with Gasteiger partial charge in [0.05, 0.1) is 6.10 Å². The summed E-state index contributed by atoms with van der Waals surface area (Å²) in [5.41, 5.74) is 2.48. The maximum absolute atomic E-state index is 12.5. The number of aliphatic hydroxyl groups is 1. The van der Waals surface area contributed by atoms with Gasteiger partial charge in [-0.1, -0.05) is 24.3 Å². The number of piperidine rings is 2. The topological polar surface area (TPSA) is 55.8 Å². The van der Waals surface area contributed by atoms with Crippen LogP contribution >= 0.6 is 0 Å². The molecule has 2 heterocycles. The lowest BCUT2D eigenvalue weighted by molar-refractivity contribution is 0.0791. The molecule has 0 unspecified atom stereocenters. The molecule has 1 aromatic carbocycles. The number of carbonyl (C=O) groups is 1. The van der Waals surface area contributed by atoms with Crippen molar-refractivity contribution in [3.05, 3.63) is 35.4 Å². The van der Waals surface area contributed by atoms with Gasteiger partial charge in [-0.15, -0.1) is 0 Å². The fourth-order valence-electron chi connectivity index (χ4n) is 4.65. The van der Waals surface area contributed by atoms with Crippen LogP contribution in [0.25, 0.3) is 0 Å². The highest BCUT2D eigenvalue weighted by Gasteiger charge is 2.40. The summed E-state index contributed by atoms with van der Waals surface area (Å²) in [5.74, 6) is 0.734. The smallest absolute Gasteiger partial charge is 0.317 e. The number of hydrogen-bond donors (Lipinski definition) is 2. The molecule has 2 bridgehead atoms. The van der Waals surface area contributed by atoms with Crippen LogP contribution in [0.4, 0.5) is 4.79 Å². The minimum atomic E-state index is -0.137. The van der Waals surface area contributed by atoms with Crippen LogP contribution < -0.4 is 5.32 Å². The van der Waals surface area contributed by atoms with E-state index < -0.39 is 0 Å². The molecule has 1 aliphatic carbocycles. The molecule has 136 valence electrons. The summed E-state index contributed by atoms with van der Waals surface area (Å²) in [7, 11) is 0. The zero-order chi connectivity index (χ0) is 17.2. The number of likely N-dealkylation sites (tertiary alicyclic amines) is 2. The van der Waals surface area contributed by atoms with Gasteiger partial charge in [-0.25, -0.2) is 4.79 Å². The van der Waals surface area contributed by atoms with Gasteiger partial charge in [-0.3, -0.25) is 4.90 Å². The van der Waals surface area contributed by atoms with Crippen molar-refractivity contribution in [2.24, 2.45) is 5.92 Å². The third-order valence-corrected chi connectivity index (χ3v) is 6.17. The average Bonchev–Trinajstić information content (AvgIpc) is 3.26. The molecule has 2 N–H and O–H groups in total. The molecule has 3 fully saturated rings. The minimum absolute atomic E-state index is 0.100. The molecule has 2 saturated heterocycles. The molecule has 1 saturated carbocycles. The summed E-state index contributed by atoms with van der Waals surface area (Å²) in [4.78, 5) is 17.0. The highest BCUT2D eigenvalue weighted by Crippen LogP contribution is 2.37. The number of amides is 2. The summed E-state index contributed by atoms with van der Waals surface area (Å²) in [6, 6.07) is 8.96. The zero-order valence-electron chi connectivity index (χ0n) is 14.9. The van der Waals surface area contributed by atoms with Crippen LogP contribution in [0.15, 0.2) is 24.3 Å². The number of nitrogens with one attached hydrogen (secondary N) is 1. The predicted octanol–water partition coefficient (Wildman–Crippen LogP) is 2.34. The van der Waals surface area contributed by atoms with Crippen LogP contribution in [0, 0.1) is 5.92 Å². The van der Waals surface area contributed by atoms with Crippen LogP contribution in [-0.2, 0) is 13.1 Å². The molecule has 4 rings (SSSR count). The van der Waals surface area contributed by atoms with Gasteiger partial charge in [0.2, 0.25) is 0 Å². The molecular weight excluding hydrogens is 314 g/mol. The lowest BCUT2D eigenvalue weighted by Crippen LogP contribution is -2.44. The number of carbonyl (C=O) groups excluding carboxylic acids is 1. The first-order valence-corrected chi connectivity index (χ1v) is 9.70. The van der Waals surface area contributed by atoms with Crippen molar-refractivity contribution >= 4 is 6.03 Å². The van der Waals surface area contributed by atoms with E-state index in [0.717, 1.165) is 44.9 Å². The maximum Gasteiger partial charge on any atom is 0.317 e. The fraction of sp³-hybridized carbons (Fsp3) is 0.650. The van der Waals surface area contributed by atoms with Crippen molar-refractivity contribution in [3.63, 3.8) is 0 Å². The van der Waals surface area contributed by atoms with Crippen molar-refractivity contribution < 1.29 is 9.90 Å². The van der Waals surface area contributed by atoms with Gasteiger partial charge in [-0.2, -0.15) is 0 Å². The van der Waals surface area contributed by atoms with Gasteiger partial charge in [-0.05, 0) is 49.1 Å². The van der Waals surface area contributed by atoms with E-state index in [1.807, 2.05) is 11.0 Å². The second kappa shape index (κ2) is 7.34. The molecule has 5 nitrogen and oxygen atoms in total. The number of fused-ring (bicyclic) bond motifs is 2. The van der Waals surface area contributed by atoms with Crippen molar-refractivity contribution in [1.29, 1.82) is 0 Å². The molecular formula is C20H29N3O2. The molecule has 25 heavy (non-hydrogen) atoms. The summed E-state index contributed by atoms with van der Waals surface area (Å²) >= 11 is 0. The monoisotopic (exact) mass is 343 g/mol. The molecule has 0 radical (unpaired) electrons. The van der Waals surface area contributed by atoms with E-state index in [0.29, 0.717) is 12.6 Å². The Balaban J connectivity index is 1.33. The Morgan fingerprint density at radius 2 is 1.88 bits per heavy atom. The van der Waals surface area contributed by atoms with E-state index in [-0.39, 0.29) is 12.1 Å². The second-order valence-electron chi connectivity index (χ2n) is 7.92. The first kappa shape index (κ1) is 16.9.